The topological polar surface area (TPSA) is 87.0 Å². The van der Waals surface area contributed by atoms with Crippen LogP contribution in [0.3, 0.4) is 0 Å². The Kier molecular flexibility index (Phi) is 2.60. The van der Waals surface area contributed by atoms with Crippen LogP contribution in [0.4, 0.5) is 0 Å². The molecule has 0 aliphatic heterocycles. The van der Waals surface area contributed by atoms with E-state index >= 15 is 0 Å². The summed E-state index contributed by atoms with van der Waals surface area (Å²) in [6, 6.07) is 0. The zero-order chi connectivity index (χ0) is 11.7. The predicted molar refractivity (Wildman–Crippen MR) is 55.4 cm³/mol. The van der Waals surface area contributed by atoms with Gasteiger partial charge in [-0.2, -0.15) is 0 Å². The molecule has 2 rings (SSSR count). The highest BCUT2D eigenvalue weighted by Gasteiger charge is 2.33. The lowest BCUT2D eigenvalue weighted by Crippen LogP contribution is -2.27. The van der Waals surface area contributed by atoms with Crippen molar-refractivity contribution in [2.45, 2.75) is 25.7 Å². The number of carbonyl (C=O) groups is 2. The van der Waals surface area contributed by atoms with E-state index in [2.05, 4.69) is 5.16 Å². The van der Waals surface area contributed by atoms with Gasteiger partial charge in [0, 0.05) is 6.42 Å². The van der Waals surface area contributed by atoms with Crippen LogP contribution in [0.25, 0.3) is 0 Å². The van der Waals surface area contributed by atoms with Crippen molar-refractivity contribution in [3.05, 3.63) is 23.0 Å². The molecule has 2 aliphatic rings. The first-order valence-corrected chi connectivity index (χ1v) is 5.06. The minimum Gasteiger partial charge on any atom is -0.504 e. The smallest absolute Gasteiger partial charge is 0.230 e. The number of nitrogens with zero attached hydrogens (tertiary/aromatic N) is 1. The van der Waals surface area contributed by atoms with Crippen LogP contribution in [0.1, 0.15) is 25.7 Å². The Hall–Kier alpha value is -1.91. The fourth-order valence-electron chi connectivity index (χ4n) is 2.03. The van der Waals surface area contributed by atoms with Gasteiger partial charge in [0.15, 0.2) is 5.76 Å². The Balaban J connectivity index is 2.49. The fraction of sp³-hybridized carbons (Fsp3) is 0.364. The maximum absolute atomic E-state index is 11.8. The van der Waals surface area contributed by atoms with Crippen molar-refractivity contribution >= 4 is 17.3 Å². The van der Waals surface area contributed by atoms with E-state index in [1.165, 1.54) is 6.08 Å². The van der Waals surface area contributed by atoms with Gasteiger partial charge >= 0.3 is 0 Å². The van der Waals surface area contributed by atoms with Gasteiger partial charge in [-0.1, -0.05) is 10.7 Å². The largest absolute Gasteiger partial charge is 0.504 e. The molecule has 0 atom stereocenters. The molecule has 16 heavy (non-hydrogen) atoms. The highest BCUT2D eigenvalue weighted by Crippen LogP contribution is 2.29. The van der Waals surface area contributed by atoms with Gasteiger partial charge in [-0.3, -0.25) is 9.59 Å². The third-order valence-corrected chi connectivity index (χ3v) is 2.87. The van der Waals surface area contributed by atoms with Crippen molar-refractivity contribution in [2.24, 2.45) is 5.16 Å². The summed E-state index contributed by atoms with van der Waals surface area (Å²) in [5, 5.41) is 20.9. The third-order valence-electron chi connectivity index (χ3n) is 2.87. The molecule has 0 saturated carbocycles. The molecule has 0 amide bonds. The number of aliphatic hydroxyl groups excluding tert-OH is 1. The molecule has 0 fully saturated rings. The van der Waals surface area contributed by atoms with E-state index in [4.69, 9.17) is 5.21 Å². The number of Topliss-reactive ketones (excluding diaryl/α,β-unsaturated/α-hetero) is 2. The average Bonchev–Trinajstić information content (AvgIpc) is 2.41. The number of hydrogen-bond donors (Lipinski definition) is 2. The SMILES string of the molecule is O=C1C(O)=CCCC2=C1C(=O)C(=NO)CC2. The molecular weight excluding hydrogens is 210 g/mol. The maximum Gasteiger partial charge on any atom is 0.230 e. The lowest BCUT2D eigenvalue weighted by molar-refractivity contribution is -0.118. The second kappa shape index (κ2) is 3.92. The minimum atomic E-state index is -0.654. The first-order chi connectivity index (χ1) is 7.65. The molecule has 0 aromatic rings. The number of hydrogen-bond acceptors (Lipinski definition) is 5. The molecule has 0 radical (unpaired) electrons. The molecule has 84 valence electrons. The molecule has 0 saturated heterocycles. The molecule has 0 bridgehead atoms. The lowest BCUT2D eigenvalue weighted by Gasteiger charge is -2.16. The van der Waals surface area contributed by atoms with Crippen molar-refractivity contribution in [2.75, 3.05) is 0 Å². The van der Waals surface area contributed by atoms with Crippen LogP contribution in [0.15, 0.2) is 28.1 Å². The number of aliphatic hydroxyl groups is 1. The van der Waals surface area contributed by atoms with E-state index in [1.54, 1.807) is 0 Å². The van der Waals surface area contributed by atoms with Crippen molar-refractivity contribution in [3.63, 3.8) is 0 Å². The van der Waals surface area contributed by atoms with Gasteiger partial charge in [-0.05, 0) is 25.3 Å². The number of allylic oxidation sites excluding steroid dienone is 3. The van der Waals surface area contributed by atoms with E-state index < -0.39 is 17.3 Å². The highest BCUT2D eigenvalue weighted by molar-refractivity contribution is 6.53. The zero-order valence-corrected chi connectivity index (χ0v) is 8.56. The summed E-state index contributed by atoms with van der Waals surface area (Å²) in [5.41, 5.74) is 0.731. The second-order valence-electron chi connectivity index (χ2n) is 3.81. The van der Waals surface area contributed by atoms with E-state index in [1.807, 2.05) is 0 Å². The van der Waals surface area contributed by atoms with Gasteiger partial charge < -0.3 is 10.3 Å². The third kappa shape index (κ3) is 1.54. The monoisotopic (exact) mass is 221 g/mol. The molecule has 0 aromatic carbocycles. The summed E-state index contributed by atoms with van der Waals surface area (Å²) >= 11 is 0. The highest BCUT2D eigenvalue weighted by atomic mass is 16.4. The van der Waals surface area contributed by atoms with Crippen LogP contribution in [-0.2, 0) is 9.59 Å². The number of rotatable bonds is 0. The average molecular weight is 221 g/mol. The van der Waals surface area contributed by atoms with Crippen molar-refractivity contribution < 1.29 is 19.9 Å². The zero-order valence-electron chi connectivity index (χ0n) is 8.56. The molecular formula is C11H11NO4. The molecule has 2 N–H and O–H groups in total. The number of oxime groups is 1. The van der Waals surface area contributed by atoms with E-state index in [0.29, 0.717) is 25.7 Å². The first-order valence-electron chi connectivity index (χ1n) is 5.06. The number of ketones is 2. The standard InChI is InChI=1S/C11H11NO4/c13-8-3-1-2-6-4-5-7(12-16)10(14)9(6)11(8)15/h3,13,16H,1-2,4-5H2. The number of carbonyl (C=O) groups excluding carboxylic acids is 2. The molecule has 2 aliphatic carbocycles. The fourth-order valence-corrected chi connectivity index (χ4v) is 2.03. The Morgan fingerprint density at radius 2 is 1.88 bits per heavy atom. The predicted octanol–water partition coefficient (Wildman–Crippen LogP) is 1.28. The second-order valence-corrected chi connectivity index (χ2v) is 3.81. The Morgan fingerprint density at radius 3 is 2.56 bits per heavy atom. The molecule has 0 heterocycles. The lowest BCUT2D eigenvalue weighted by atomic mass is 9.86. The Morgan fingerprint density at radius 1 is 1.12 bits per heavy atom. The van der Waals surface area contributed by atoms with Crippen molar-refractivity contribution in [1.82, 2.24) is 0 Å². The maximum atomic E-state index is 11.8. The van der Waals surface area contributed by atoms with Gasteiger partial charge in [0.05, 0.1) is 5.57 Å². The summed E-state index contributed by atoms with van der Waals surface area (Å²) in [4.78, 5) is 23.5. The molecule has 5 nitrogen and oxygen atoms in total. The quantitative estimate of drug-likeness (QED) is 0.366. The van der Waals surface area contributed by atoms with Gasteiger partial charge in [0.2, 0.25) is 11.6 Å². The molecule has 5 heteroatoms. The van der Waals surface area contributed by atoms with Crippen LogP contribution in [-0.4, -0.2) is 27.6 Å². The van der Waals surface area contributed by atoms with Crippen LogP contribution in [0.5, 0.6) is 0 Å². The van der Waals surface area contributed by atoms with E-state index in [-0.39, 0.29) is 11.3 Å². The molecule has 0 unspecified atom stereocenters. The molecule has 0 aromatic heterocycles. The summed E-state index contributed by atoms with van der Waals surface area (Å²) in [6.45, 7) is 0. The van der Waals surface area contributed by atoms with Crippen molar-refractivity contribution in [3.8, 4) is 0 Å². The normalized spacial score (nSPS) is 24.2. The van der Waals surface area contributed by atoms with E-state index in [0.717, 1.165) is 5.57 Å². The van der Waals surface area contributed by atoms with Crippen molar-refractivity contribution in [1.29, 1.82) is 0 Å². The van der Waals surface area contributed by atoms with Crippen LogP contribution < -0.4 is 0 Å². The van der Waals surface area contributed by atoms with Gasteiger partial charge in [0.25, 0.3) is 0 Å². The van der Waals surface area contributed by atoms with Crippen LogP contribution in [0, 0.1) is 0 Å². The summed E-state index contributed by atoms with van der Waals surface area (Å²) in [6.07, 6.45) is 3.45. The van der Waals surface area contributed by atoms with Gasteiger partial charge in [-0.15, -0.1) is 0 Å². The molecule has 0 spiro atoms. The van der Waals surface area contributed by atoms with Gasteiger partial charge in [-0.25, -0.2) is 0 Å². The Labute approximate surface area is 91.8 Å². The summed E-state index contributed by atoms with van der Waals surface area (Å²) < 4.78 is 0. The van der Waals surface area contributed by atoms with Gasteiger partial charge in [0.1, 0.15) is 5.71 Å². The summed E-state index contributed by atoms with van der Waals surface area (Å²) in [7, 11) is 0. The minimum absolute atomic E-state index is 0.00898. The Bertz CT molecular complexity index is 457. The van der Waals surface area contributed by atoms with Crippen LogP contribution in [0.2, 0.25) is 0 Å². The summed E-state index contributed by atoms with van der Waals surface area (Å²) in [5.74, 6) is -1.61. The first kappa shape index (κ1) is 10.6. The van der Waals surface area contributed by atoms with Crippen LogP contribution >= 0.6 is 0 Å². The van der Waals surface area contributed by atoms with E-state index in [9.17, 15) is 14.7 Å².